The van der Waals surface area contributed by atoms with E-state index in [1.54, 1.807) is 6.07 Å². The molecule has 194 valence electrons. The molecule has 0 aromatic heterocycles. The molecule has 0 amide bonds. The minimum Gasteiger partial charge on any atom is -0.489 e. The van der Waals surface area contributed by atoms with E-state index in [1.165, 1.54) is 18.9 Å². The molecule has 2 unspecified atom stereocenters. The molecule has 2 fully saturated rings. The number of ether oxygens (including phenoxy) is 2. The van der Waals surface area contributed by atoms with Crippen LogP contribution in [0.1, 0.15) is 103 Å². The lowest BCUT2D eigenvalue weighted by Crippen LogP contribution is -2.30. The zero-order valence-electron chi connectivity index (χ0n) is 22.3. The fourth-order valence-corrected chi connectivity index (χ4v) is 5.06. The van der Waals surface area contributed by atoms with Gasteiger partial charge in [0, 0.05) is 24.0 Å². The highest BCUT2D eigenvalue weighted by Crippen LogP contribution is 2.50. The molecule has 3 aliphatic rings. The first-order valence-corrected chi connectivity index (χ1v) is 13.5. The number of carboxylic acids is 1. The average molecular weight is 487 g/mol. The molecule has 2 atom stereocenters. The van der Waals surface area contributed by atoms with Crippen molar-refractivity contribution in [1.82, 2.24) is 0 Å². The number of rotatable bonds is 6. The number of hydrogen-bond donors (Lipinski definition) is 1. The van der Waals surface area contributed by atoms with Gasteiger partial charge in [0.1, 0.15) is 29.5 Å². The van der Waals surface area contributed by atoms with Crippen molar-refractivity contribution in [2.45, 2.75) is 105 Å². The van der Waals surface area contributed by atoms with Crippen molar-refractivity contribution in [3.05, 3.63) is 58.9 Å². The molecule has 35 heavy (non-hydrogen) atoms. The molecular formula is C30H43FO4. The van der Waals surface area contributed by atoms with Crippen molar-refractivity contribution in [2.75, 3.05) is 0 Å². The molecule has 2 aromatic carbocycles. The Morgan fingerprint density at radius 1 is 1.06 bits per heavy atom. The third-order valence-electron chi connectivity index (χ3n) is 6.62. The molecule has 0 radical (unpaired) electrons. The zero-order chi connectivity index (χ0) is 26.0. The van der Waals surface area contributed by atoms with Crippen molar-refractivity contribution in [2.24, 2.45) is 5.92 Å². The minimum atomic E-state index is -0.735. The van der Waals surface area contributed by atoms with Gasteiger partial charge >= 0.3 is 5.97 Å². The maximum Gasteiger partial charge on any atom is 0.303 e. The Morgan fingerprint density at radius 3 is 2.29 bits per heavy atom. The van der Waals surface area contributed by atoms with Crippen molar-refractivity contribution in [1.29, 1.82) is 0 Å². The molecular weight excluding hydrogens is 443 g/mol. The normalized spacial score (nSPS) is 20.1. The Hall–Kier alpha value is -2.56. The van der Waals surface area contributed by atoms with E-state index in [9.17, 15) is 9.18 Å². The SMILES string of the molecule is CC.CC.CC.O=C(O)CC1CC1c1ccc(OCc2cc(F)cc3c2OC2(CCCC2)C3)cc1. The van der Waals surface area contributed by atoms with Crippen LogP contribution in [-0.2, 0) is 17.8 Å². The summed E-state index contributed by atoms with van der Waals surface area (Å²) in [6.07, 6.45) is 6.37. The summed E-state index contributed by atoms with van der Waals surface area (Å²) in [5.41, 5.74) is 2.74. The first-order valence-electron chi connectivity index (χ1n) is 13.5. The fourth-order valence-electron chi connectivity index (χ4n) is 5.06. The van der Waals surface area contributed by atoms with Gasteiger partial charge in [-0.25, -0.2) is 4.39 Å². The minimum absolute atomic E-state index is 0.136. The lowest BCUT2D eigenvalue weighted by molar-refractivity contribution is -0.137. The van der Waals surface area contributed by atoms with Gasteiger partial charge in [-0.3, -0.25) is 4.79 Å². The highest BCUT2D eigenvalue weighted by molar-refractivity contribution is 5.67. The van der Waals surface area contributed by atoms with E-state index in [2.05, 4.69) is 0 Å². The van der Waals surface area contributed by atoms with E-state index in [1.807, 2.05) is 65.8 Å². The molecule has 1 aliphatic heterocycles. The van der Waals surface area contributed by atoms with Crippen molar-refractivity contribution in [3.8, 4) is 11.5 Å². The van der Waals surface area contributed by atoms with E-state index in [0.717, 1.165) is 53.9 Å². The van der Waals surface area contributed by atoms with Crippen LogP contribution in [0.5, 0.6) is 11.5 Å². The molecule has 2 saturated carbocycles. The molecule has 0 saturated heterocycles. The van der Waals surface area contributed by atoms with Gasteiger partial charge in [-0.15, -0.1) is 0 Å². The van der Waals surface area contributed by atoms with Crippen LogP contribution in [0.4, 0.5) is 4.39 Å². The molecule has 1 N–H and O–H groups in total. The van der Waals surface area contributed by atoms with E-state index >= 15 is 0 Å². The Bertz CT molecular complexity index is 932. The molecule has 2 aliphatic carbocycles. The Labute approximate surface area is 210 Å². The van der Waals surface area contributed by atoms with E-state index in [4.69, 9.17) is 14.6 Å². The lowest BCUT2D eigenvalue weighted by Gasteiger charge is -2.23. The van der Waals surface area contributed by atoms with Crippen LogP contribution in [0.15, 0.2) is 36.4 Å². The van der Waals surface area contributed by atoms with Crippen LogP contribution in [-0.4, -0.2) is 16.7 Å². The van der Waals surface area contributed by atoms with E-state index < -0.39 is 5.97 Å². The monoisotopic (exact) mass is 486 g/mol. The van der Waals surface area contributed by atoms with Gasteiger partial charge in [0.15, 0.2) is 0 Å². The van der Waals surface area contributed by atoms with Gasteiger partial charge in [0.2, 0.25) is 0 Å². The first kappa shape index (κ1) is 28.7. The summed E-state index contributed by atoms with van der Waals surface area (Å²) < 4.78 is 26.4. The smallest absolute Gasteiger partial charge is 0.303 e. The Morgan fingerprint density at radius 2 is 1.69 bits per heavy atom. The van der Waals surface area contributed by atoms with Crippen molar-refractivity contribution < 1.29 is 23.8 Å². The summed E-state index contributed by atoms with van der Waals surface area (Å²) in [5, 5.41) is 8.91. The van der Waals surface area contributed by atoms with Crippen molar-refractivity contribution >= 4 is 5.97 Å². The Kier molecular flexibility index (Phi) is 11.1. The third kappa shape index (κ3) is 7.22. The van der Waals surface area contributed by atoms with Crippen LogP contribution in [0.25, 0.3) is 0 Å². The molecule has 4 nitrogen and oxygen atoms in total. The third-order valence-corrected chi connectivity index (χ3v) is 6.62. The fraction of sp³-hybridized carbons (Fsp3) is 0.567. The quantitative estimate of drug-likeness (QED) is 0.446. The second-order valence-electron chi connectivity index (χ2n) is 8.78. The predicted molar refractivity (Wildman–Crippen MR) is 140 cm³/mol. The van der Waals surface area contributed by atoms with Crippen LogP contribution in [0.2, 0.25) is 0 Å². The summed E-state index contributed by atoms with van der Waals surface area (Å²) in [5.74, 6) is 1.13. The average Bonchev–Trinajstić information content (AvgIpc) is 3.32. The number of fused-ring (bicyclic) bond motifs is 1. The largest absolute Gasteiger partial charge is 0.489 e. The second kappa shape index (κ2) is 13.5. The van der Waals surface area contributed by atoms with Crippen LogP contribution < -0.4 is 9.47 Å². The molecule has 1 spiro atoms. The summed E-state index contributed by atoms with van der Waals surface area (Å²) in [7, 11) is 0. The van der Waals surface area contributed by atoms with Crippen molar-refractivity contribution in [3.63, 3.8) is 0 Å². The highest BCUT2D eigenvalue weighted by Gasteiger charge is 2.43. The Balaban J connectivity index is 0.000000671. The van der Waals surface area contributed by atoms with E-state index in [-0.39, 0.29) is 30.4 Å². The van der Waals surface area contributed by atoms with Gasteiger partial charge in [-0.05, 0) is 73.8 Å². The van der Waals surface area contributed by atoms with Crippen LogP contribution in [0.3, 0.4) is 0 Å². The van der Waals surface area contributed by atoms with Gasteiger partial charge in [0.25, 0.3) is 0 Å². The molecule has 0 bridgehead atoms. The maximum atomic E-state index is 14.1. The van der Waals surface area contributed by atoms with Gasteiger partial charge in [-0.1, -0.05) is 53.7 Å². The summed E-state index contributed by atoms with van der Waals surface area (Å²) in [4.78, 5) is 10.8. The highest BCUT2D eigenvalue weighted by atomic mass is 19.1. The molecule has 2 aromatic rings. The van der Waals surface area contributed by atoms with Crippen LogP contribution in [0, 0.1) is 11.7 Å². The lowest BCUT2D eigenvalue weighted by atomic mass is 9.95. The summed E-state index contributed by atoms with van der Waals surface area (Å²) in [6, 6.07) is 10.9. The second-order valence-corrected chi connectivity index (χ2v) is 8.78. The van der Waals surface area contributed by atoms with Gasteiger partial charge in [0.05, 0.1) is 0 Å². The topological polar surface area (TPSA) is 55.8 Å². The molecule has 1 heterocycles. The summed E-state index contributed by atoms with van der Waals surface area (Å²) in [6.45, 7) is 12.3. The zero-order valence-corrected chi connectivity index (χ0v) is 22.3. The maximum absolute atomic E-state index is 14.1. The van der Waals surface area contributed by atoms with Gasteiger partial charge < -0.3 is 14.6 Å². The van der Waals surface area contributed by atoms with E-state index in [0.29, 0.717) is 5.92 Å². The summed E-state index contributed by atoms with van der Waals surface area (Å²) >= 11 is 0. The number of carboxylic acid groups (broad SMARTS) is 1. The number of aliphatic carboxylic acids is 1. The van der Waals surface area contributed by atoms with Gasteiger partial charge in [-0.2, -0.15) is 0 Å². The molecule has 5 rings (SSSR count). The molecule has 5 heteroatoms. The first-order chi connectivity index (χ1) is 17.0. The number of benzene rings is 2. The number of halogens is 1. The number of hydrogen-bond acceptors (Lipinski definition) is 3. The van der Waals surface area contributed by atoms with Crippen LogP contribution >= 0.6 is 0 Å². The standard InChI is InChI=1S/C24H25FO4.3C2H6/c25-19-9-17-13-24(7-1-2-8-24)29-23(17)18(10-19)14-28-20-5-3-15(4-6-20)21-11-16(21)12-22(26)27;3*1-2/h3-6,9-10,16,21H,1-2,7-8,11-14H2,(H,26,27);3*1-2H3. The number of carbonyl (C=O) groups is 1. The predicted octanol–water partition coefficient (Wildman–Crippen LogP) is 8.31.